The van der Waals surface area contributed by atoms with Gasteiger partial charge in [-0.25, -0.2) is 0 Å². The van der Waals surface area contributed by atoms with Gasteiger partial charge in [0.25, 0.3) is 5.91 Å². The zero-order chi connectivity index (χ0) is 15.5. The molecular formula is C17H23NO4. The molecule has 3 rings (SSSR count). The molecule has 1 aliphatic carbocycles. The van der Waals surface area contributed by atoms with Crippen molar-refractivity contribution in [3.05, 3.63) is 29.3 Å². The monoisotopic (exact) mass is 305 g/mol. The van der Waals surface area contributed by atoms with E-state index < -0.39 is 0 Å². The normalized spacial score (nSPS) is 27.8. The van der Waals surface area contributed by atoms with E-state index in [1.165, 1.54) is 0 Å². The summed E-state index contributed by atoms with van der Waals surface area (Å²) in [7, 11) is 1.63. The van der Waals surface area contributed by atoms with Crippen LogP contribution in [-0.4, -0.2) is 44.5 Å². The van der Waals surface area contributed by atoms with Gasteiger partial charge in [0.1, 0.15) is 5.75 Å². The number of nitrogens with one attached hydrogen (secondary N) is 1. The summed E-state index contributed by atoms with van der Waals surface area (Å²) in [5.41, 5.74) is 1.63. The minimum absolute atomic E-state index is 0.0362. The van der Waals surface area contributed by atoms with Crippen molar-refractivity contribution in [1.29, 1.82) is 0 Å². The molecule has 0 aromatic heterocycles. The molecule has 1 saturated heterocycles. The van der Waals surface area contributed by atoms with Crippen LogP contribution in [0.4, 0.5) is 0 Å². The number of benzene rings is 1. The SMILES string of the molecule is COc1ccc(C(=O)NC2CCC3OCCOC3C2)cc1C. The second-order valence-electron chi connectivity index (χ2n) is 5.99. The molecule has 1 aliphatic heterocycles. The molecule has 3 unspecified atom stereocenters. The van der Waals surface area contributed by atoms with Crippen LogP contribution < -0.4 is 10.1 Å². The van der Waals surface area contributed by atoms with Crippen LogP contribution in [0.5, 0.6) is 5.75 Å². The van der Waals surface area contributed by atoms with Crippen molar-refractivity contribution in [2.24, 2.45) is 0 Å². The van der Waals surface area contributed by atoms with Crippen molar-refractivity contribution in [3.8, 4) is 5.75 Å². The Bertz CT molecular complexity index is 545. The van der Waals surface area contributed by atoms with Crippen molar-refractivity contribution < 1.29 is 19.0 Å². The molecule has 2 aliphatic rings. The van der Waals surface area contributed by atoms with Crippen LogP contribution in [0.25, 0.3) is 0 Å². The molecule has 5 heteroatoms. The van der Waals surface area contributed by atoms with Crippen molar-refractivity contribution in [2.45, 2.75) is 44.4 Å². The number of hydrogen-bond acceptors (Lipinski definition) is 4. The Hall–Kier alpha value is -1.59. The Morgan fingerprint density at radius 1 is 1.23 bits per heavy atom. The Balaban J connectivity index is 1.61. The molecule has 2 fully saturated rings. The maximum absolute atomic E-state index is 12.4. The fourth-order valence-electron chi connectivity index (χ4n) is 3.29. The zero-order valence-electron chi connectivity index (χ0n) is 13.1. The molecule has 0 radical (unpaired) electrons. The summed E-state index contributed by atoms with van der Waals surface area (Å²) >= 11 is 0. The van der Waals surface area contributed by atoms with E-state index in [1.807, 2.05) is 19.1 Å². The third kappa shape index (κ3) is 3.25. The van der Waals surface area contributed by atoms with E-state index in [2.05, 4.69) is 5.32 Å². The van der Waals surface area contributed by atoms with Crippen LogP contribution in [0, 0.1) is 6.92 Å². The standard InChI is InChI=1S/C17H23NO4/c1-11-9-12(3-5-14(11)20-2)17(19)18-13-4-6-15-16(10-13)22-8-7-21-15/h3,5,9,13,15-16H,4,6-8,10H2,1-2H3,(H,18,19). The van der Waals surface area contributed by atoms with Gasteiger partial charge in [0.15, 0.2) is 0 Å². The number of hydrogen-bond donors (Lipinski definition) is 1. The quantitative estimate of drug-likeness (QED) is 0.929. The number of amides is 1. The van der Waals surface area contributed by atoms with Crippen LogP contribution in [0.2, 0.25) is 0 Å². The van der Waals surface area contributed by atoms with Crippen LogP contribution >= 0.6 is 0 Å². The zero-order valence-corrected chi connectivity index (χ0v) is 13.1. The van der Waals surface area contributed by atoms with E-state index in [4.69, 9.17) is 14.2 Å². The lowest BCUT2D eigenvalue weighted by atomic mass is 9.89. The molecular weight excluding hydrogens is 282 g/mol. The Labute approximate surface area is 130 Å². The highest BCUT2D eigenvalue weighted by Crippen LogP contribution is 2.27. The highest BCUT2D eigenvalue weighted by Gasteiger charge is 2.34. The molecule has 120 valence electrons. The Morgan fingerprint density at radius 3 is 2.73 bits per heavy atom. The van der Waals surface area contributed by atoms with Crippen LogP contribution in [0.3, 0.4) is 0 Å². The van der Waals surface area contributed by atoms with Gasteiger partial charge < -0.3 is 19.5 Å². The van der Waals surface area contributed by atoms with Crippen LogP contribution in [0.1, 0.15) is 35.2 Å². The van der Waals surface area contributed by atoms with Gasteiger partial charge in [-0.2, -0.15) is 0 Å². The van der Waals surface area contributed by atoms with Gasteiger partial charge in [-0.1, -0.05) is 0 Å². The smallest absolute Gasteiger partial charge is 0.251 e. The topological polar surface area (TPSA) is 56.8 Å². The van der Waals surface area contributed by atoms with Crippen molar-refractivity contribution in [3.63, 3.8) is 0 Å². The van der Waals surface area contributed by atoms with Crippen LogP contribution in [0.15, 0.2) is 18.2 Å². The molecule has 0 spiro atoms. The maximum Gasteiger partial charge on any atom is 0.251 e. The highest BCUT2D eigenvalue weighted by atomic mass is 16.6. The Morgan fingerprint density at radius 2 is 2.00 bits per heavy atom. The second kappa shape index (κ2) is 6.67. The minimum Gasteiger partial charge on any atom is -0.496 e. The first-order valence-corrected chi connectivity index (χ1v) is 7.86. The van der Waals surface area contributed by atoms with Gasteiger partial charge in [-0.15, -0.1) is 0 Å². The van der Waals surface area contributed by atoms with E-state index in [9.17, 15) is 4.79 Å². The van der Waals surface area contributed by atoms with Gasteiger partial charge in [-0.05, 0) is 49.9 Å². The van der Waals surface area contributed by atoms with Gasteiger partial charge in [0.05, 0.1) is 32.5 Å². The molecule has 0 bridgehead atoms. The lowest BCUT2D eigenvalue weighted by Gasteiger charge is -2.39. The molecule has 1 heterocycles. The predicted molar refractivity (Wildman–Crippen MR) is 82.3 cm³/mol. The average Bonchev–Trinajstić information content (AvgIpc) is 2.54. The van der Waals surface area contributed by atoms with Crippen molar-refractivity contribution in [1.82, 2.24) is 5.32 Å². The largest absolute Gasteiger partial charge is 0.496 e. The maximum atomic E-state index is 12.4. The third-order valence-corrected chi connectivity index (χ3v) is 4.47. The number of fused-ring (bicyclic) bond motifs is 1. The summed E-state index contributed by atoms with van der Waals surface area (Å²) in [4.78, 5) is 12.4. The fourth-order valence-corrected chi connectivity index (χ4v) is 3.29. The molecule has 5 nitrogen and oxygen atoms in total. The number of ether oxygens (including phenoxy) is 3. The summed E-state index contributed by atoms with van der Waals surface area (Å²) in [5.74, 6) is 0.760. The minimum atomic E-state index is -0.0362. The number of carbonyl (C=O) groups excluding carboxylic acids is 1. The molecule has 1 aromatic rings. The number of carbonyl (C=O) groups is 1. The molecule has 22 heavy (non-hydrogen) atoms. The van der Waals surface area contributed by atoms with Gasteiger partial charge in [0, 0.05) is 11.6 Å². The first-order valence-electron chi connectivity index (χ1n) is 7.86. The number of aryl methyl sites for hydroxylation is 1. The molecule has 3 atom stereocenters. The molecule has 1 aromatic carbocycles. The van der Waals surface area contributed by atoms with Crippen LogP contribution in [-0.2, 0) is 9.47 Å². The lowest BCUT2D eigenvalue weighted by molar-refractivity contribution is -0.157. The van der Waals surface area contributed by atoms with E-state index >= 15 is 0 Å². The first-order chi connectivity index (χ1) is 10.7. The molecule has 1 saturated carbocycles. The fraction of sp³-hybridized carbons (Fsp3) is 0.588. The molecule has 1 amide bonds. The lowest BCUT2D eigenvalue weighted by Crippen LogP contribution is -2.49. The third-order valence-electron chi connectivity index (χ3n) is 4.47. The van der Waals surface area contributed by atoms with Gasteiger partial charge >= 0.3 is 0 Å². The van der Waals surface area contributed by atoms with E-state index in [0.717, 1.165) is 30.6 Å². The number of methoxy groups -OCH3 is 1. The van der Waals surface area contributed by atoms with Crippen molar-refractivity contribution >= 4 is 5.91 Å². The summed E-state index contributed by atoms with van der Waals surface area (Å²) in [5, 5.41) is 3.12. The number of rotatable bonds is 3. The summed E-state index contributed by atoms with van der Waals surface area (Å²) in [6, 6.07) is 5.64. The first kappa shape index (κ1) is 15.3. The average molecular weight is 305 g/mol. The van der Waals surface area contributed by atoms with E-state index in [1.54, 1.807) is 13.2 Å². The second-order valence-corrected chi connectivity index (χ2v) is 5.99. The summed E-state index contributed by atoms with van der Waals surface area (Å²) < 4.78 is 16.7. The van der Waals surface area contributed by atoms with E-state index in [0.29, 0.717) is 18.8 Å². The van der Waals surface area contributed by atoms with Crippen molar-refractivity contribution in [2.75, 3.05) is 20.3 Å². The molecule has 1 N–H and O–H groups in total. The van der Waals surface area contributed by atoms with Gasteiger partial charge in [-0.3, -0.25) is 4.79 Å². The van der Waals surface area contributed by atoms with E-state index in [-0.39, 0.29) is 24.2 Å². The summed E-state index contributed by atoms with van der Waals surface area (Å²) in [6.45, 7) is 3.27. The summed E-state index contributed by atoms with van der Waals surface area (Å²) in [6.07, 6.45) is 3.02. The van der Waals surface area contributed by atoms with Gasteiger partial charge in [0.2, 0.25) is 0 Å². The predicted octanol–water partition coefficient (Wildman–Crippen LogP) is 2.07. The highest BCUT2D eigenvalue weighted by molar-refractivity contribution is 5.94. The Kier molecular flexibility index (Phi) is 4.64.